The molecule has 2 aromatic carbocycles. The van der Waals surface area contributed by atoms with E-state index in [0.29, 0.717) is 0 Å². The Morgan fingerprint density at radius 3 is 1.31 bits per heavy atom. The van der Waals surface area contributed by atoms with Crippen LogP contribution in [-0.2, 0) is 18.7 Å². The molecular weight excluding hydrogens is 306 g/mol. The van der Waals surface area contributed by atoms with Gasteiger partial charge >= 0.3 is 96.1 Å². The van der Waals surface area contributed by atoms with E-state index < -0.39 is 0 Å². The molecule has 0 radical (unpaired) electrons. The molecule has 0 N–H and O–H groups in total. The average molecular weight is 322 g/mol. The van der Waals surface area contributed by atoms with Crippen molar-refractivity contribution in [1.29, 1.82) is 0 Å². The van der Waals surface area contributed by atoms with E-state index in [2.05, 4.69) is 79.4 Å². The van der Waals surface area contributed by atoms with Gasteiger partial charge in [0.1, 0.15) is 0 Å². The molecule has 0 bridgehead atoms. The third kappa shape index (κ3) is 3.84. The molecule has 87 valence electrons. The van der Waals surface area contributed by atoms with Crippen molar-refractivity contribution in [3.63, 3.8) is 0 Å². The summed E-state index contributed by atoms with van der Waals surface area (Å²) in [6.45, 7) is 4.00. The fourth-order valence-corrected chi connectivity index (χ4v) is 3.77. The Hall–Kier alpha value is -0.468. The van der Waals surface area contributed by atoms with Crippen LogP contribution in [0.15, 0.2) is 60.7 Å². The van der Waals surface area contributed by atoms with Crippen LogP contribution in [0.25, 0.3) is 0 Å². The molecule has 0 amide bonds. The summed E-state index contributed by atoms with van der Waals surface area (Å²) in [5.41, 5.74) is 0. The minimum atomic E-state index is -0.321. The fraction of sp³-hybridized carbons (Fsp3) is 0.143. The van der Waals surface area contributed by atoms with Gasteiger partial charge in [-0.15, -0.1) is 0 Å². The summed E-state index contributed by atoms with van der Waals surface area (Å²) in [5.74, 6) is 0. The summed E-state index contributed by atoms with van der Waals surface area (Å²) < 4.78 is 0. The number of hydrogen-bond acceptors (Lipinski definition) is 0. The first-order valence-electron chi connectivity index (χ1n) is 5.41. The van der Waals surface area contributed by atoms with Gasteiger partial charge in [-0.25, -0.2) is 0 Å². The van der Waals surface area contributed by atoms with Crippen molar-refractivity contribution in [2.45, 2.75) is 13.8 Å². The van der Waals surface area contributed by atoms with Crippen LogP contribution in [0.5, 0.6) is 0 Å². The van der Waals surface area contributed by atoms with Crippen molar-refractivity contribution >= 4 is 16.7 Å². The van der Waals surface area contributed by atoms with Crippen LogP contribution in [0.2, 0.25) is 0 Å². The standard InChI is InChI=1S/C12H10P.C2H6.Pd/c1-3-7-11(8-4-1)13-12-9-5-2-6-10-12;1-2;/h1-10H;1-2H3;/q-1;;+1. The van der Waals surface area contributed by atoms with Crippen molar-refractivity contribution in [1.82, 2.24) is 0 Å². The maximum atomic E-state index is 3.47. The van der Waals surface area contributed by atoms with Gasteiger partial charge in [0.25, 0.3) is 0 Å². The molecule has 0 saturated heterocycles. The van der Waals surface area contributed by atoms with Gasteiger partial charge in [0.05, 0.1) is 0 Å². The zero-order valence-corrected chi connectivity index (χ0v) is 12.0. The van der Waals surface area contributed by atoms with Crippen LogP contribution >= 0.6 is 6.11 Å². The predicted molar refractivity (Wildman–Crippen MR) is 70.4 cm³/mol. The second-order valence-electron chi connectivity index (χ2n) is 2.92. The van der Waals surface area contributed by atoms with E-state index >= 15 is 0 Å². The van der Waals surface area contributed by atoms with E-state index in [0.717, 1.165) is 0 Å². The van der Waals surface area contributed by atoms with E-state index in [-0.39, 0.29) is 6.11 Å². The number of hydrogen-bond donors (Lipinski definition) is 0. The van der Waals surface area contributed by atoms with Crippen LogP contribution < -0.4 is 10.6 Å². The van der Waals surface area contributed by atoms with Crippen molar-refractivity contribution in [2.75, 3.05) is 0 Å². The first-order valence-corrected chi connectivity index (χ1v) is 8.67. The van der Waals surface area contributed by atoms with Crippen molar-refractivity contribution in [2.24, 2.45) is 0 Å². The Bertz CT molecular complexity index is 346. The summed E-state index contributed by atoms with van der Waals surface area (Å²) >= 11 is 3.47. The molecule has 0 atom stereocenters. The van der Waals surface area contributed by atoms with Gasteiger partial charge < -0.3 is 0 Å². The Morgan fingerprint density at radius 1 is 0.688 bits per heavy atom. The van der Waals surface area contributed by atoms with E-state index in [4.69, 9.17) is 0 Å². The Balaban J connectivity index is 0.000000606. The molecular formula is C14H16PPd. The first-order chi connectivity index (χ1) is 7.88. The Labute approximate surface area is 110 Å². The molecule has 0 aliphatic rings. The van der Waals surface area contributed by atoms with Crippen LogP contribution in [0.4, 0.5) is 0 Å². The summed E-state index contributed by atoms with van der Waals surface area (Å²) in [7, 11) is 0. The van der Waals surface area contributed by atoms with Gasteiger partial charge in [-0.3, -0.25) is 0 Å². The van der Waals surface area contributed by atoms with Crippen LogP contribution in [-0.4, -0.2) is 0 Å². The molecule has 0 unspecified atom stereocenters. The fourth-order valence-electron chi connectivity index (χ4n) is 1.25. The van der Waals surface area contributed by atoms with Gasteiger partial charge in [0, 0.05) is 0 Å². The molecule has 2 heteroatoms. The zero-order chi connectivity index (χ0) is 11.8. The number of rotatable bonds is 2. The third-order valence-electron chi connectivity index (χ3n) is 1.93. The summed E-state index contributed by atoms with van der Waals surface area (Å²) in [6, 6.07) is 21.1. The predicted octanol–water partition coefficient (Wildman–Crippen LogP) is 3.61. The topological polar surface area (TPSA) is 0 Å². The second-order valence-corrected chi connectivity index (χ2v) is 6.55. The van der Waals surface area contributed by atoms with Crippen LogP contribution in [0.1, 0.15) is 13.8 Å². The maximum absolute atomic E-state index is 3.47. The van der Waals surface area contributed by atoms with Gasteiger partial charge in [-0.05, 0) is 0 Å². The first kappa shape index (κ1) is 13.6. The van der Waals surface area contributed by atoms with E-state index in [1.165, 1.54) is 10.6 Å². The van der Waals surface area contributed by atoms with Crippen molar-refractivity contribution < 1.29 is 18.7 Å². The third-order valence-corrected chi connectivity index (χ3v) is 5.78. The van der Waals surface area contributed by atoms with E-state index in [1.54, 1.807) is 0 Å². The Morgan fingerprint density at radius 2 is 1.00 bits per heavy atom. The number of benzene rings is 2. The Kier molecular flexibility index (Phi) is 6.58. The normalized spacial score (nSPS) is 9.56. The SMILES string of the molecule is CC.[Pd][P](c1ccccc1)c1ccccc1. The molecule has 16 heavy (non-hydrogen) atoms. The molecule has 0 fully saturated rings. The van der Waals surface area contributed by atoms with Gasteiger partial charge in [0.15, 0.2) is 0 Å². The molecule has 2 aromatic rings. The summed E-state index contributed by atoms with van der Waals surface area (Å²) in [5, 5.41) is 2.74. The average Bonchev–Trinajstić information content (AvgIpc) is 2.42. The molecule has 2 rings (SSSR count). The zero-order valence-electron chi connectivity index (χ0n) is 9.54. The van der Waals surface area contributed by atoms with Gasteiger partial charge in [-0.1, -0.05) is 13.8 Å². The minimum absolute atomic E-state index is 0.321. The second kappa shape index (κ2) is 7.75. The van der Waals surface area contributed by atoms with Crippen molar-refractivity contribution in [3.8, 4) is 0 Å². The summed E-state index contributed by atoms with van der Waals surface area (Å²) in [4.78, 5) is 0. The van der Waals surface area contributed by atoms with Crippen LogP contribution in [0, 0.1) is 0 Å². The van der Waals surface area contributed by atoms with Crippen molar-refractivity contribution in [3.05, 3.63) is 60.7 Å². The quantitative estimate of drug-likeness (QED) is 0.585. The van der Waals surface area contributed by atoms with E-state index in [9.17, 15) is 0 Å². The van der Waals surface area contributed by atoms with Crippen LogP contribution in [0.3, 0.4) is 0 Å². The molecule has 0 aliphatic carbocycles. The molecule has 0 aliphatic heterocycles. The monoisotopic (exact) mass is 321 g/mol. The molecule has 0 aromatic heterocycles. The molecule has 0 saturated carbocycles. The van der Waals surface area contributed by atoms with Gasteiger partial charge in [0.2, 0.25) is 0 Å². The molecule has 0 spiro atoms. The van der Waals surface area contributed by atoms with E-state index in [1.807, 2.05) is 13.8 Å². The summed E-state index contributed by atoms with van der Waals surface area (Å²) in [6.07, 6.45) is -0.321. The molecule has 0 heterocycles. The molecule has 0 nitrogen and oxygen atoms in total. The van der Waals surface area contributed by atoms with Gasteiger partial charge in [-0.2, -0.15) is 0 Å².